The van der Waals surface area contributed by atoms with Gasteiger partial charge < -0.3 is 20.6 Å². The van der Waals surface area contributed by atoms with Crippen molar-refractivity contribution in [2.45, 2.75) is 206 Å². The van der Waals surface area contributed by atoms with E-state index in [4.69, 9.17) is 0 Å². The lowest BCUT2D eigenvalue weighted by Crippen LogP contribution is -2.50. The number of amides is 1. The van der Waals surface area contributed by atoms with Crippen LogP contribution >= 0.6 is 0 Å². The summed E-state index contributed by atoms with van der Waals surface area (Å²) < 4.78 is 0. The molecule has 0 heterocycles. The molecule has 0 aromatic rings. The van der Waals surface area contributed by atoms with Gasteiger partial charge in [0.2, 0.25) is 5.91 Å². The zero-order chi connectivity index (χ0) is 29.7. The molecule has 0 aliphatic heterocycles. The monoisotopic (exact) mass is 570 g/mol. The van der Waals surface area contributed by atoms with Crippen molar-refractivity contribution in [3.05, 3.63) is 0 Å². The van der Waals surface area contributed by atoms with Crippen molar-refractivity contribution in [2.75, 3.05) is 6.61 Å². The number of aliphatic hydroxyl groups is 3. The molecular formula is C35H71NO4. The summed E-state index contributed by atoms with van der Waals surface area (Å²) in [4.78, 5) is 12.3. The molecule has 0 aliphatic rings. The summed E-state index contributed by atoms with van der Waals surface area (Å²) in [7, 11) is 0. The number of unbranched alkanes of at least 4 members (excludes halogenated alkanes) is 21. The van der Waals surface area contributed by atoms with E-state index in [-0.39, 0.29) is 12.5 Å². The van der Waals surface area contributed by atoms with E-state index in [1.807, 2.05) is 0 Å². The average molecular weight is 570 g/mol. The third-order valence-electron chi connectivity index (χ3n) is 8.39. The third kappa shape index (κ3) is 26.3. The Kier molecular flexibility index (Phi) is 29.3. The van der Waals surface area contributed by atoms with Gasteiger partial charge in [0.15, 0.2) is 0 Å². The summed E-state index contributed by atoms with van der Waals surface area (Å²) in [6.07, 6.45) is 29.1. The minimum Gasteiger partial charge on any atom is -0.394 e. The Morgan fingerprint density at radius 3 is 1.35 bits per heavy atom. The van der Waals surface area contributed by atoms with E-state index in [2.05, 4.69) is 26.1 Å². The van der Waals surface area contributed by atoms with Crippen LogP contribution in [0.5, 0.6) is 0 Å². The summed E-state index contributed by atoms with van der Waals surface area (Å²) in [5.74, 6) is 0.660. The second kappa shape index (κ2) is 29.8. The topological polar surface area (TPSA) is 89.8 Å². The number of aliphatic hydroxyl groups excluding tert-OH is 3. The molecule has 4 N–H and O–H groups in total. The van der Waals surface area contributed by atoms with Crippen molar-refractivity contribution in [1.29, 1.82) is 0 Å². The number of hydrogen-bond donors (Lipinski definition) is 4. The largest absolute Gasteiger partial charge is 0.394 e. The molecule has 3 atom stereocenters. The van der Waals surface area contributed by atoms with Gasteiger partial charge in [-0.05, 0) is 18.8 Å². The fraction of sp³-hybridized carbons (Fsp3) is 0.971. The molecule has 0 aromatic heterocycles. The molecule has 0 fully saturated rings. The second-order valence-corrected chi connectivity index (χ2v) is 12.9. The highest BCUT2D eigenvalue weighted by atomic mass is 16.3. The van der Waals surface area contributed by atoms with E-state index in [9.17, 15) is 20.1 Å². The molecule has 0 rings (SSSR count). The van der Waals surface area contributed by atoms with Gasteiger partial charge in [-0.1, -0.05) is 168 Å². The van der Waals surface area contributed by atoms with Crippen molar-refractivity contribution >= 4 is 5.91 Å². The average Bonchev–Trinajstić information content (AvgIpc) is 2.94. The van der Waals surface area contributed by atoms with Gasteiger partial charge in [-0.25, -0.2) is 0 Å². The molecule has 240 valence electrons. The van der Waals surface area contributed by atoms with Crippen molar-refractivity contribution in [3.63, 3.8) is 0 Å². The summed E-state index contributed by atoms with van der Waals surface area (Å²) in [5.41, 5.74) is 0. The molecule has 0 aromatic carbocycles. The van der Waals surface area contributed by atoms with Crippen LogP contribution in [0.4, 0.5) is 0 Å². The van der Waals surface area contributed by atoms with Crippen LogP contribution in [0, 0.1) is 5.92 Å². The molecule has 0 spiro atoms. The van der Waals surface area contributed by atoms with Gasteiger partial charge in [0, 0.05) is 6.42 Å². The maximum absolute atomic E-state index is 12.3. The second-order valence-electron chi connectivity index (χ2n) is 12.9. The van der Waals surface area contributed by atoms with Crippen LogP contribution in [0.25, 0.3) is 0 Å². The van der Waals surface area contributed by atoms with Crippen molar-refractivity contribution in [2.24, 2.45) is 5.92 Å². The normalized spacial score (nSPS) is 14.0. The van der Waals surface area contributed by atoms with Crippen LogP contribution in [-0.2, 0) is 4.79 Å². The minimum atomic E-state index is -1.13. The summed E-state index contributed by atoms with van der Waals surface area (Å²) in [6, 6.07) is -0.801. The van der Waals surface area contributed by atoms with Crippen LogP contribution in [0.15, 0.2) is 0 Å². The molecular weight excluding hydrogens is 498 g/mol. The molecule has 0 bridgehead atoms. The fourth-order valence-corrected chi connectivity index (χ4v) is 5.58. The van der Waals surface area contributed by atoms with Gasteiger partial charge in [0.1, 0.15) is 6.10 Å². The van der Waals surface area contributed by atoms with E-state index >= 15 is 0 Å². The Bertz CT molecular complexity index is 528. The molecule has 40 heavy (non-hydrogen) atoms. The summed E-state index contributed by atoms with van der Waals surface area (Å²) in [5, 5.41) is 33.3. The van der Waals surface area contributed by atoms with E-state index in [1.54, 1.807) is 0 Å². The van der Waals surface area contributed by atoms with E-state index in [0.29, 0.717) is 12.8 Å². The van der Waals surface area contributed by atoms with Gasteiger partial charge >= 0.3 is 0 Å². The van der Waals surface area contributed by atoms with Crippen LogP contribution in [0.1, 0.15) is 188 Å². The van der Waals surface area contributed by atoms with Gasteiger partial charge in [-0.15, -0.1) is 0 Å². The SMILES string of the molecule is CCCCCCCCCCCCCCCCCC(=O)N[C@@H](CO)[C@H](O)[C@H](O)CCCCCCCCCCC(C)C. The maximum atomic E-state index is 12.3. The lowest BCUT2D eigenvalue weighted by molar-refractivity contribution is -0.124. The fourth-order valence-electron chi connectivity index (χ4n) is 5.58. The first-order chi connectivity index (χ1) is 19.4. The van der Waals surface area contributed by atoms with Crippen LogP contribution in [0.2, 0.25) is 0 Å². The number of carbonyl (C=O) groups excluding carboxylic acids is 1. The van der Waals surface area contributed by atoms with Crippen molar-refractivity contribution in [1.82, 2.24) is 5.32 Å². The number of hydrogen-bond acceptors (Lipinski definition) is 4. The molecule has 0 radical (unpaired) electrons. The van der Waals surface area contributed by atoms with Gasteiger partial charge in [-0.2, -0.15) is 0 Å². The maximum Gasteiger partial charge on any atom is 0.220 e. The van der Waals surface area contributed by atoms with E-state index in [1.165, 1.54) is 116 Å². The molecule has 0 saturated carbocycles. The predicted molar refractivity (Wildman–Crippen MR) is 172 cm³/mol. The van der Waals surface area contributed by atoms with Gasteiger partial charge in [0.05, 0.1) is 18.8 Å². The lowest BCUT2D eigenvalue weighted by Gasteiger charge is -2.26. The van der Waals surface area contributed by atoms with Crippen molar-refractivity contribution in [3.8, 4) is 0 Å². The lowest BCUT2D eigenvalue weighted by atomic mass is 9.99. The van der Waals surface area contributed by atoms with E-state index in [0.717, 1.165) is 44.4 Å². The van der Waals surface area contributed by atoms with Gasteiger partial charge in [0.25, 0.3) is 0 Å². The Balaban J connectivity index is 3.68. The quantitative estimate of drug-likeness (QED) is 0.0627. The zero-order valence-electron chi connectivity index (χ0n) is 27.2. The molecule has 0 saturated heterocycles. The summed E-state index contributed by atoms with van der Waals surface area (Å²) in [6.45, 7) is 6.47. The van der Waals surface area contributed by atoms with E-state index < -0.39 is 18.2 Å². The van der Waals surface area contributed by atoms with Crippen LogP contribution in [0.3, 0.4) is 0 Å². The molecule has 1 amide bonds. The first-order valence-corrected chi connectivity index (χ1v) is 17.7. The Morgan fingerprint density at radius 1 is 0.575 bits per heavy atom. The highest BCUT2D eigenvalue weighted by Gasteiger charge is 2.26. The van der Waals surface area contributed by atoms with Crippen molar-refractivity contribution < 1.29 is 20.1 Å². The molecule has 0 aliphatic carbocycles. The Hall–Kier alpha value is -0.650. The number of carbonyl (C=O) groups is 1. The highest BCUT2D eigenvalue weighted by molar-refractivity contribution is 5.76. The van der Waals surface area contributed by atoms with Crippen LogP contribution in [-0.4, -0.2) is 46.1 Å². The van der Waals surface area contributed by atoms with Gasteiger partial charge in [-0.3, -0.25) is 4.79 Å². The first-order valence-electron chi connectivity index (χ1n) is 17.7. The first kappa shape index (κ1) is 39.4. The molecule has 0 unspecified atom stereocenters. The Labute approximate surface area is 249 Å². The predicted octanol–water partition coefficient (Wildman–Crippen LogP) is 9.00. The summed E-state index contributed by atoms with van der Waals surface area (Å²) >= 11 is 0. The van der Waals surface area contributed by atoms with Crippen LogP contribution < -0.4 is 5.32 Å². The number of rotatable bonds is 31. The number of nitrogens with one attached hydrogen (secondary N) is 1. The standard InChI is InChI=1S/C35H71NO4/c1-4-5-6-7-8-9-10-11-12-13-14-15-20-23-26-29-34(39)36-32(30-37)35(40)33(38)28-25-22-19-17-16-18-21-24-27-31(2)3/h31-33,35,37-38,40H,4-30H2,1-3H3,(H,36,39)/t32-,33+,35-/m0/s1. The highest BCUT2D eigenvalue weighted by Crippen LogP contribution is 2.16. The molecule has 5 heteroatoms. The smallest absolute Gasteiger partial charge is 0.220 e. The minimum absolute atomic E-state index is 0.145. The Morgan fingerprint density at radius 2 is 0.950 bits per heavy atom. The third-order valence-corrected chi connectivity index (χ3v) is 8.39. The molecule has 5 nitrogen and oxygen atoms in total. The zero-order valence-corrected chi connectivity index (χ0v) is 27.2.